The Bertz CT molecular complexity index is 655. The molecule has 0 atom stereocenters. The summed E-state index contributed by atoms with van der Waals surface area (Å²) in [6.07, 6.45) is 0. The molecule has 2 aromatic rings. The van der Waals surface area contributed by atoms with Crippen LogP contribution < -0.4 is 10.6 Å². The van der Waals surface area contributed by atoms with Gasteiger partial charge in [0.2, 0.25) is 0 Å². The highest BCUT2D eigenvalue weighted by molar-refractivity contribution is 6.03. The van der Waals surface area contributed by atoms with Crippen LogP contribution in [-0.2, 0) is 0 Å². The van der Waals surface area contributed by atoms with Crippen LogP contribution in [-0.4, -0.2) is 27.8 Å². The molecule has 0 aliphatic heterocycles. The van der Waals surface area contributed by atoms with Gasteiger partial charge in [-0.25, -0.2) is 0 Å². The Labute approximate surface area is 123 Å². The topological polar surface area (TPSA) is 87.6 Å². The summed E-state index contributed by atoms with van der Waals surface area (Å²) in [4.78, 5) is 1.98. The first-order valence-corrected chi connectivity index (χ1v) is 6.74. The fourth-order valence-corrected chi connectivity index (χ4v) is 2.20. The molecule has 6 heteroatoms. The van der Waals surface area contributed by atoms with Crippen LogP contribution >= 0.6 is 0 Å². The number of amidine groups is 1. The number of hydrogen-bond acceptors (Lipinski definition) is 5. The first-order chi connectivity index (χ1) is 10.1. The van der Waals surface area contributed by atoms with Crippen molar-refractivity contribution in [2.45, 2.75) is 20.8 Å². The number of oxime groups is 1. The number of rotatable bonds is 4. The fourth-order valence-electron chi connectivity index (χ4n) is 2.20. The average Bonchev–Trinajstić information content (AvgIpc) is 2.52. The first-order valence-electron chi connectivity index (χ1n) is 6.74. The van der Waals surface area contributed by atoms with Gasteiger partial charge in [0, 0.05) is 12.2 Å². The average molecular weight is 285 g/mol. The van der Waals surface area contributed by atoms with E-state index in [9.17, 15) is 0 Å². The minimum absolute atomic E-state index is 0.0369. The second kappa shape index (κ2) is 6.21. The molecule has 0 saturated carbocycles. The molecule has 0 radical (unpaired) electrons. The molecule has 1 heterocycles. The van der Waals surface area contributed by atoms with Crippen LogP contribution in [0.25, 0.3) is 0 Å². The molecule has 110 valence electrons. The van der Waals surface area contributed by atoms with Crippen molar-refractivity contribution in [3.05, 3.63) is 47.2 Å². The Balaban J connectivity index is 2.65. The highest BCUT2D eigenvalue weighted by atomic mass is 16.4. The van der Waals surface area contributed by atoms with Crippen LogP contribution in [0.4, 0.5) is 11.5 Å². The largest absolute Gasteiger partial charge is 0.409 e. The quantitative estimate of drug-likeness (QED) is 0.389. The van der Waals surface area contributed by atoms with E-state index in [4.69, 9.17) is 10.9 Å². The second-order valence-electron chi connectivity index (χ2n) is 4.67. The van der Waals surface area contributed by atoms with Gasteiger partial charge in [-0.05, 0) is 38.5 Å². The number of aryl methyl sites for hydroxylation is 1. The van der Waals surface area contributed by atoms with Gasteiger partial charge in [-0.1, -0.05) is 23.4 Å². The lowest BCUT2D eigenvalue weighted by atomic mass is 10.1. The molecule has 0 unspecified atom stereocenters. The highest BCUT2D eigenvalue weighted by Crippen LogP contribution is 2.28. The van der Waals surface area contributed by atoms with E-state index in [-0.39, 0.29) is 5.84 Å². The number of nitrogens with two attached hydrogens (primary N) is 1. The van der Waals surface area contributed by atoms with Crippen molar-refractivity contribution in [3.8, 4) is 0 Å². The predicted octanol–water partition coefficient (Wildman–Crippen LogP) is 2.35. The van der Waals surface area contributed by atoms with Crippen molar-refractivity contribution in [2.24, 2.45) is 10.9 Å². The molecule has 0 saturated heterocycles. The zero-order valence-corrected chi connectivity index (χ0v) is 12.4. The molecule has 0 spiro atoms. The van der Waals surface area contributed by atoms with Gasteiger partial charge in [-0.3, -0.25) is 0 Å². The standard InChI is InChI=1S/C15H19N5O/c1-4-20(12-8-6-5-7-9-12)15-13(14(16)19-21)10(2)11(3)17-18-15/h5-9,21H,4H2,1-3H3,(H2,16,19). The van der Waals surface area contributed by atoms with Crippen molar-refractivity contribution in [2.75, 3.05) is 11.4 Å². The molecular formula is C15H19N5O. The minimum Gasteiger partial charge on any atom is -0.409 e. The highest BCUT2D eigenvalue weighted by Gasteiger charge is 2.20. The summed E-state index contributed by atoms with van der Waals surface area (Å²) in [5, 5.41) is 20.6. The Hall–Kier alpha value is -2.63. The summed E-state index contributed by atoms with van der Waals surface area (Å²) in [5.41, 5.74) is 9.03. The molecule has 0 aliphatic carbocycles. The van der Waals surface area contributed by atoms with Crippen LogP contribution in [0.1, 0.15) is 23.7 Å². The molecule has 1 aromatic heterocycles. The molecule has 21 heavy (non-hydrogen) atoms. The van der Waals surface area contributed by atoms with Crippen molar-refractivity contribution >= 4 is 17.3 Å². The number of benzene rings is 1. The Morgan fingerprint density at radius 3 is 2.48 bits per heavy atom. The molecule has 3 N–H and O–H groups in total. The van der Waals surface area contributed by atoms with E-state index in [0.29, 0.717) is 17.9 Å². The van der Waals surface area contributed by atoms with E-state index in [1.165, 1.54) is 0 Å². The molecule has 0 bridgehead atoms. The Kier molecular flexibility index (Phi) is 4.37. The van der Waals surface area contributed by atoms with E-state index in [0.717, 1.165) is 16.9 Å². The van der Waals surface area contributed by atoms with Crippen molar-refractivity contribution in [1.29, 1.82) is 0 Å². The minimum atomic E-state index is 0.0369. The molecular weight excluding hydrogens is 266 g/mol. The maximum Gasteiger partial charge on any atom is 0.174 e. The summed E-state index contributed by atoms with van der Waals surface area (Å²) in [5.74, 6) is 0.622. The normalized spacial score (nSPS) is 11.5. The third kappa shape index (κ3) is 2.79. The van der Waals surface area contributed by atoms with Gasteiger partial charge in [0.15, 0.2) is 11.7 Å². The molecule has 0 aliphatic rings. The van der Waals surface area contributed by atoms with Gasteiger partial charge in [0.05, 0.1) is 11.3 Å². The zero-order chi connectivity index (χ0) is 15.4. The van der Waals surface area contributed by atoms with Crippen molar-refractivity contribution < 1.29 is 5.21 Å². The third-order valence-corrected chi connectivity index (χ3v) is 3.44. The molecule has 0 amide bonds. The van der Waals surface area contributed by atoms with Gasteiger partial charge in [0.25, 0.3) is 0 Å². The smallest absolute Gasteiger partial charge is 0.174 e. The monoisotopic (exact) mass is 285 g/mol. The fraction of sp³-hybridized carbons (Fsp3) is 0.267. The molecule has 6 nitrogen and oxygen atoms in total. The van der Waals surface area contributed by atoms with Gasteiger partial charge < -0.3 is 15.8 Å². The van der Waals surface area contributed by atoms with Crippen LogP contribution in [0.15, 0.2) is 35.5 Å². The lowest BCUT2D eigenvalue weighted by molar-refractivity contribution is 0.318. The van der Waals surface area contributed by atoms with Crippen LogP contribution in [0.3, 0.4) is 0 Å². The summed E-state index contributed by atoms with van der Waals surface area (Å²) in [6.45, 7) is 6.44. The van der Waals surface area contributed by atoms with Gasteiger partial charge in [-0.15, -0.1) is 5.10 Å². The summed E-state index contributed by atoms with van der Waals surface area (Å²) >= 11 is 0. The number of anilines is 2. The SMILES string of the molecule is CCN(c1ccccc1)c1nnc(C)c(C)c1/C(N)=N/O. The first kappa shape index (κ1) is 14.8. The lowest BCUT2D eigenvalue weighted by Crippen LogP contribution is -2.25. The van der Waals surface area contributed by atoms with Crippen LogP contribution in [0.5, 0.6) is 0 Å². The lowest BCUT2D eigenvalue weighted by Gasteiger charge is -2.24. The summed E-state index contributed by atoms with van der Waals surface area (Å²) in [6, 6.07) is 9.83. The maximum atomic E-state index is 9.05. The third-order valence-electron chi connectivity index (χ3n) is 3.44. The molecule has 1 aromatic carbocycles. The van der Waals surface area contributed by atoms with E-state index < -0.39 is 0 Å². The van der Waals surface area contributed by atoms with Crippen LogP contribution in [0.2, 0.25) is 0 Å². The Morgan fingerprint density at radius 1 is 1.24 bits per heavy atom. The second-order valence-corrected chi connectivity index (χ2v) is 4.67. The van der Waals surface area contributed by atoms with E-state index in [1.807, 2.05) is 56.0 Å². The van der Waals surface area contributed by atoms with Crippen molar-refractivity contribution in [1.82, 2.24) is 10.2 Å². The van der Waals surface area contributed by atoms with E-state index in [2.05, 4.69) is 15.4 Å². The van der Waals surface area contributed by atoms with E-state index >= 15 is 0 Å². The Morgan fingerprint density at radius 2 is 1.90 bits per heavy atom. The number of para-hydroxylation sites is 1. The zero-order valence-electron chi connectivity index (χ0n) is 12.4. The number of aromatic nitrogens is 2. The predicted molar refractivity (Wildman–Crippen MR) is 83.1 cm³/mol. The summed E-state index contributed by atoms with van der Waals surface area (Å²) in [7, 11) is 0. The van der Waals surface area contributed by atoms with Gasteiger partial charge in [0.1, 0.15) is 0 Å². The summed E-state index contributed by atoms with van der Waals surface area (Å²) < 4.78 is 0. The van der Waals surface area contributed by atoms with Crippen molar-refractivity contribution in [3.63, 3.8) is 0 Å². The number of nitrogens with zero attached hydrogens (tertiary/aromatic N) is 4. The molecule has 2 rings (SSSR count). The maximum absolute atomic E-state index is 9.05. The van der Waals surface area contributed by atoms with Gasteiger partial charge in [-0.2, -0.15) is 5.10 Å². The van der Waals surface area contributed by atoms with E-state index in [1.54, 1.807) is 0 Å². The van der Waals surface area contributed by atoms with Crippen LogP contribution in [0, 0.1) is 13.8 Å². The number of hydrogen-bond donors (Lipinski definition) is 2. The van der Waals surface area contributed by atoms with Gasteiger partial charge >= 0.3 is 0 Å². The molecule has 0 fully saturated rings.